The Kier molecular flexibility index (Phi) is 2.83. The summed E-state index contributed by atoms with van der Waals surface area (Å²) >= 11 is 0. The number of nitrogens with two attached hydrogens (primary N) is 2. The first-order valence-electron chi connectivity index (χ1n) is 4.69. The van der Waals surface area contributed by atoms with Crippen LogP contribution in [0.2, 0.25) is 0 Å². The van der Waals surface area contributed by atoms with E-state index in [0.717, 1.165) is 9.35 Å². The monoisotopic (exact) mass is 248 g/mol. The standard InChI is InChI=1S/C8H8N8O2/c9-5-1-3-15(7(17)11-5)13-14-16-4-2-6(10)12-8(16)18/h1-4H,(H2,9,11,17)(H2,10,12,18). The van der Waals surface area contributed by atoms with Gasteiger partial charge in [0.15, 0.2) is 0 Å². The Labute approximate surface area is 99.2 Å². The fraction of sp³-hybridized carbons (Fsp3) is 0. The lowest BCUT2D eigenvalue weighted by Gasteiger charge is -1.97. The van der Waals surface area contributed by atoms with E-state index < -0.39 is 11.4 Å². The van der Waals surface area contributed by atoms with Crippen molar-refractivity contribution < 1.29 is 0 Å². The van der Waals surface area contributed by atoms with Gasteiger partial charge in [-0.3, -0.25) is 0 Å². The molecule has 0 spiro atoms. The minimum atomic E-state index is -0.713. The summed E-state index contributed by atoms with van der Waals surface area (Å²) < 4.78 is 1.64. The van der Waals surface area contributed by atoms with Crippen molar-refractivity contribution in [3.05, 3.63) is 45.5 Å². The second-order valence-corrected chi connectivity index (χ2v) is 3.14. The highest BCUT2D eigenvalue weighted by molar-refractivity contribution is 5.23. The van der Waals surface area contributed by atoms with Crippen LogP contribution in [0.15, 0.2) is 44.6 Å². The number of aromatic nitrogens is 4. The van der Waals surface area contributed by atoms with E-state index in [1.165, 1.54) is 24.5 Å². The summed E-state index contributed by atoms with van der Waals surface area (Å²) in [6.45, 7) is 0. The van der Waals surface area contributed by atoms with Crippen molar-refractivity contribution in [1.29, 1.82) is 0 Å². The third kappa shape index (κ3) is 2.37. The lowest BCUT2D eigenvalue weighted by molar-refractivity contribution is 0.631. The SMILES string of the molecule is Nc1ccn(N=Nn2ccc(N)nc2=O)c(=O)n1. The zero-order valence-electron chi connectivity index (χ0n) is 8.96. The molecule has 0 aliphatic carbocycles. The van der Waals surface area contributed by atoms with E-state index in [-0.39, 0.29) is 11.6 Å². The molecular weight excluding hydrogens is 240 g/mol. The van der Waals surface area contributed by atoms with Gasteiger partial charge >= 0.3 is 11.4 Å². The molecule has 4 N–H and O–H groups in total. The van der Waals surface area contributed by atoms with E-state index in [1.54, 1.807) is 0 Å². The van der Waals surface area contributed by atoms with E-state index in [2.05, 4.69) is 20.4 Å². The normalized spacial score (nSPS) is 10.9. The number of nitrogen functional groups attached to an aromatic ring is 2. The Morgan fingerprint density at radius 2 is 1.28 bits per heavy atom. The Bertz CT molecular complexity index is 654. The lowest BCUT2D eigenvalue weighted by atomic mass is 10.6. The van der Waals surface area contributed by atoms with Crippen LogP contribution in [0.5, 0.6) is 0 Å². The van der Waals surface area contributed by atoms with Gasteiger partial charge in [0.1, 0.15) is 11.6 Å². The van der Waals surface area contributed by atoms with Gasteiger partial charge in [0.05, 0.1) is 0 Å². The maximum absolute atomic E-state index is 11.3. The fourth-order valence-electron chi connectivity index (χ4n) is 1.04. The van der Waals surface area contributed by atoms with Gasteiger partial charge in [-0.05, 0) is 22.6 Å². The molecule has 0 aliphatic heterocycles. The summed E-state index contributed by atoms with van der Waals surface area (Å²) in [6.07, 6.45) is 2.54. The molecule has 10 nitrogen and oxygen atoms in total. The Hall–Kier alpha value is -3.04. The van der Waals surface area contributed by atoms with Crippen molar-refractivity contribution in [2.45, 2.75) is 0 Å². The first kappa shape index (κ1) is 11.4. The molecule has 2 heterocycles. The zero-order chi connectivity index (χ0) is 13.1. The molecule has 0 atom stereocenters. The van der Waals surface area contributed by atoms with E-state index in [1.807, 2.05) is 0 Å². The minimum absolute atomic E-state index is 0.0674. The van der Waals surface area contributed by atoms with Gasteiger partial charge in [0.2, 0.25) is 0 Å². The number of anilines is 2. The van der Waals surface area contributed by atoms with Crippen molar-refractivity contribution in [3.63, 3.8) is 0 Å². The lowest BCUT2D eigenvalue weighted by Crippen LogP contribution is -2.22. The third-order valence-corrected chi connectivity index (χ3v) is 1.85. The van der Waals surface area contributed by atoms with Crippen LogP contribution in [0.4, 0.5) is 11.6 Å². The Balaban J connectivity index is 2.36. The largest absolute Gasteiger partial charge is 0.383 e. The number of nitrogens with zero attached hydrogens (tertiary/aromatic N) is 6. The van der Waals surface area contributed by atoms with Crippen LogP contribution in [0.1, 0.15) is 0 Å². The number of hydrogen-bond acceptors (Lipinski definition) is 8. The van der Waals surface area contributed by atoms with Gasteiger partial charge < -0.3 is 11.5 Å². The molecule has 2 rings (SSSR count). The van der Waals surface area contributed by atoms with Crippen molar-refractivity contribution in [2.75, 3.05) is 11.5 Å². The molecular formula is C8H8N8O2. The zero-order valence-corrected chi connectivity index (χ0v) is 8.96. The summed E-state index contributed by atoms with van der Waals surface area (Å²) in [5.74, 6) is 0.135. The van der Waals surface area contributed by atoms with Crippen LogP contribution in [0.3, 0.4) is 0 Å². The third-order valence-electron chi connectivity index (χ3n) is 1.85. The Morgan fingerprint density at radius 3 is 1.61 bits per heavy atom. The molecule has 10 heteroatoms. The van der Waals surface area contributed by atoms with Crippen LogP contribution < -0.4 is 22.8 Å². The topological polar surface area (TPSA) is 147 Å². The van der Waals surface area contributed by atoms with Gasteiger partial charge in [-0.15, -0.1) is 0 Å². The first-order valence-corrected chi connectivity index (χ1v) is 4.69. The van der Waals surface area contributed by atoms with Crippen molar-refractivity contribution in [1.82, 2.24) is 19.3 Å². The average Bonchev–Trinajstić information content (AvgIpc) is 2.30. The molecule has 0 aromatic carbocycles. The number of hydrogen-bond donors (Lipinski definition) is 2. The summed E-state index contributed by atoms with van der Waals surface area (Å²) in [6, 6.07) is 2.73. The molecule has 2 aromatic rings. The number of rotatable bonds is 2. The molecule has 0 bridgehead atoms. The van der Waals surface area contributed by atoms with E-state index in [9.17, 15) is 9.59 Å². The highest BCUT2D eigenvalue weighted by Gasteiger charge is 1.97. The summed E-state index contributed by atoms with van der Waals surface area (Å²) in [4.78, 5) is 29.5. The maximum atomic E-state index is 11.3. The Morgan fingerprint density at radius 1 is 0.889 bits per heavy atom. The first-order chi connectivity index (χ1) is 8.56. The molecule has 0 fully saturated rings. The van der Waals surface area contributed by atoms with Gasteiger partial charge in [-0.1, -0.05) is 0 Å². The highest BCUT2D eigenvalue weighted by atomic mass is 16.2. The predicted octanol–water partition coefficient (Wildman–Crippen LogP) is -1.36. The maximum Gasteiger partial charge on any atom is 0.371 e. The van der Waals surface area contributed by atoms with Gasteiger partial charge in [-0.25, -0.2) is 9.59 Å². The molecule has 0 saturated heterocycles. The van der Waals surface area contributed by atoms with Crippen LogP contribution in [0.25, 0.3) is 0 Å². The predicted molar refractivity (Wildman–Crippen MR) is 61.5 cm³/mol. The summed E-state index contributed by atoms with van der Waals surface area (Å²) in [5.41, 5.74) is 9.17. The van der Waals surface area contributed by atoms with Crippen molar-refractivity contribution >= 4 is 11.6 Å². The van der Waals surface area contributed by atoms with E-state index in [0.29, 0.717) is 0 Å². The molecule has 92 valence electrons. The molecule has 0 radical (unpaired) electrons. The fourth-order valence-corrected chi connectivity index (χ4v) is 1.04. The quantitative estimate of drug-likeness (QED) is 0.627. The molecule has 0 saturated carbocycles. The van der Waals surface area contributed by atoms with Gasteiger partial charge in [0, 0.05) is 12.4 Å². The van der Waals surface area contributed by atoms with Crippen LogP contribution >= 0.6 is 0 Å². The second-order valence-electron chi connectivity index (χ2n) is 3.14. The molecule has 2 aromatic heterocycles. The summed E-state index contributed by atoms with van der Waals surface area (Å²) in [5, 5.41) is 7.00. The second kappa shape index (κ2) is 4.45. The summed E-state index contributed by atoms with van der Waals surface area (Å²) in [7, 11) is 0. The smallest absolute Gasteiger partial charge is 0.371 e. The van der Waals surface area contributed by atoms with E-state index in [4.69, 9.17) is 11.5 Å². The van der Waals surface area contributed by atoms with Crippen LogP contribution in [0, 0.1) is 0 Å². The molecule has 0 aliphatic rings. The van der Waals surface area contributed by atoms with Crippen molar-refractivity contribution in [3.8, 4) is 0 Å². The van der Waals surface area contributed by atoms with Gasteiger partial charge in [0.25, 0.3) is 0 Å². The van der Waals surface area contributed by atoms with E-state index >= 15 is 0 Å². The van der Waals surface area contributed by atoms with Gasteiger partial charge in [-0.2, -0.15) is 19.3 Å². The van der Waals surface area contributed by atoms with Crippen molar-refractivity contribution in [2.24, 2.45) is 10.4 Å². The van der Waals surface area contributed by atoms with Crippen LogP contribution in [-0.4, -0.2) is 19.3 Å². The van der Waals surface area contributed by atoms with Crippen LogP contribution in [-0.2, 0) is 0 Å². The highest BCUT2D eigenvalue weighted by Crippen LogP contribution is 1.92. The molecule has 0 unspecified atom stereocenters. The average molecular weight is 248 g/mol. The molecule has 0 amide bonds. The minimum Gasteiger partial charge on any atom is -0.383 e. The molecule has 18 heavy (non-hydrogen) atoms.